The van der Waals surface area contributed by atoms with E-state index < -0.39 is 0 Å². The highest BCUT2D eigenvalue weighted by Crippen LogP contribution is 2.57. The molecule has 0 bridgehead atoms. The highest BCUT2D eigenvalue weighted by atomic mass is 32.1. The van der Waals surface area contributed by atoms with E-state index in [0.29, 0.717) is 34.1 Å². The Morgan fingerprint density at radius 1 is 1.40 bits per heavy atom. The average molecular weight is 294 g/mol. The van der Waals surface area contributed by atoms with Crippen LogP contribution in [0, 0.1) is 24.7 Å². The molecule has 2 saturated carbocycles. The summed E-state index contributed by atoms with van der Waals surface area (Å²) in [5, 5.41) is 3.35. The Labute approximate surface area is 121 Å². The van der Waals surface area contributed by atoms with Crippen LogP contribution >= 0.6 is 11.3 Å². The fraction of sp³-hybridized carbons (Fsp3) is 0.643. The van der Waals surface area contributed by atoms with E-state index in [1.807, 2.05) is 0 Å². The van der Waals surface area contributed by atoms with Crippen LogP contribution < -0.4 is 5.32 Å². The van der Waals surface area contributed by atoms with Crippen molar-refractivity contribution in [2.24, 2.45) is 17.8 Å². The van der Waals surface area contributed by atoms with Crippen LogP contribution in [0.2, 0.25) is 0 Å². The van der Waals surface area contributed by atoms with Gasteiger partial charge in [-0.3, -0.25) is 4.79 Å². The van der Waals surface area contributed by atoms with Crippen molar-refractivity contribution in [3.8, 4) is 0 Å². The molecule has 20 heavy (non-hydrogen) atoms. The molecule has 0 aliphatic heterocycles. The van der Waals surface area contributed by atoms with Crippen LogP contribution in [0.1, 0.15) is 41.6 Å². The summed E-state index contributed by atoms with van der Waals surface area (Å²) in [4.78, 5) is 28.6. The molecule has 1 heterocycles. The Bertz CT molecular complexity index is 545. The SMILES string of the molecule is CCOC(=O)c1sc(NC(=O)C2[C@H]3CCC[C@@H]23)nc1C. The van der Waals surface area contributed by atoms with E-state index in [4.69, 9.17) is 4.74 Å². The molecule has 2 aliphatic carbocycles. The third-order valence-electron chi connectivity index (χ3n) is 4.20. The summed E-state index contributed by atoms with van der Waals surface area (Å²) < 4.78 is 4.97. The van der Waals surface area contributed by atoms with Crippen LogP contribution in [-0.2, 0) is 9.53 Å². The van der Waals surface area contributed by atoms with E-state index in [0.717, 1.165) is 0 Å². The van der Waals surface area contributed by atoms with Crippen molar-refractivity contribution in [3.05, 3.63) is 10.6 Å². The first kappa shape index (κ1) is 13.5. The monoisotopic (exact) mass is 294 g/mol. The fourth-order valence-corrected chi connectivity index (χ4v) is 4.10. The number of hydrogen-bond acceptors (Lipinski definition) is 5. The molecule has 0 spiro atoms. The van der Waals surface area contributed by atoms with E-state index >= 15 is 0 Å². The average Bonchev–Trinajstić information content (AvgIpc) is 2.72. The molecule has 3 rings (SSSR count). The summed E-state index contributed by atoms with van der Waals surface area (Å²) in [5.74, 6) is 1.02. The smallest absolute Gasteiger partial charge is 0.350 e. The van der Waals surface area contributed by atoms with Gasteiger partial charge in [-0.2, -0.15) is 0 Å². The molecule has 1 aromatic heterocycles. The van der Waals surface area contributed by atoms with Crippen molar-refractivity contribution in [2.45, 2.75) is 33.1 Å². The van der Waals surface area contributed by atoms with Gasteiger partial charge in [0.2, 0.25) is 5.91 Å². The first-order valence-corrected chi connectivity index (χ1v) is 7.89. The summed E-state index contributed by atoms with van der Waals surface area (Å²) in [6.07, 6.45) is 3.60. The van der Waals surface area contributed by atoms with Gasteiger partial charge in [-0.25, -0.2) is 9.78 Å². The maximum atomic E-state index is 12.1. The molecule has 1 amide bonds. The van der Waals surface area contributed by atoms with Gasteiger partial charge in [-0.05, 0) is 38.5 Å². The van der Waals surface area contributed by atoms with Crippen LogP contribution in [0.5, 0.6) is 0 Å². The molecular weight excluding hydrogens is 276 g/mol. The molecule has 108 valence electrons. The predicted molar refractivity (Wildman–Crippen MR) is 75.8 cm³/mol. The van der Waals surface area contributed by atoms with Gasteiger partial charge < -0.3 is 10.1 Å². The number of nitrogens with one attached hydrogen (secondary N) is 1. The van der Waals surface area contributed by atoms with Gasteiger partial charge in [0.25, 0.3) is 0 Å². The van der Waals surface area contributed by atoms with Crippen LogP contribution in [0.4, 0.5) is 5.13 Å². The summed E-state index contributed by atoms with van der Waals surface area (Å²) in [6, 6.07) is 0. The minimum Gasteiger partial charge on any atom is -0.462 e. The van der Waals surface area contributed by atoms with Crippen LogP contribution in [0.3, 0.4) is 0 Å². The molecule has 6 heteroatoms. The normalized spacial score (nSPS) is 27.0. The molecule has 1 aromatic rings. The third-order valence-corrected chi connectivity index (χ3v) is 5.25. The largest absolute Gasteiger partial charge is 0.462 e. The molecule has 5 nitrogen and oxygen atoms in total. The lowest BCUT2D eigenvalue weighted by molar-refractivity contribution is -0.118. The zero-order valence-electron chi connectivity index (χ0n) is 11.6. The zero-order valence-corrected chi connectivity index (χ0v) is 12.5. The summed E-state index contributed by atoms with van der Waals surface area (Å²) in [6.45, 7) is 3.86. The zero-order chi connectivity index (χ0) is 14.3. The van der Waals surface area contributed by atoms with Gasteiger partial charge in [-0.15, -0.1) is 0 Å². The van der Waals surface area contributed by atoms with Crippen molar-refractivity contribution in [1.29, 1.82) is 0 Å². The predicted octanol–water partition coefficient (Wildman–Crippen LogP) is 2.61. The number of carbonyl (C=O) groups is 2. The maximum Gasteiger partial charge on any atom is 0.350 e. The Kier molecular flexibility index (Phi) is 3.50. The first-order chi connectivity index (χ1) is 9.61. The molecule has 2 fully saturated rings. The second kappa shape index (κ2) is 5.16. The molecule has 2 aliphatic rings. The van der Waals surface area contributed by atoms with E-state index in [9.17, 15) is 9.59 Å². The molecular formula is C14H18N2O3S. The number of aromatic nitrogens is 1. The number of carbonyl (C=O) groups excluding carboxylic acids is 2. The number of hydrogen-bond donors (Lipinski definition) is 1. The second-order valence-electron chi connectivity index (χ2n) is 5.43. The number of fused-ring (bicyclic) bond motifs is 1. The van der Waals surface area contributed by atoms with Crippen LogP contribution in [0.25, 0.3) is 0 Å². The van der Waals surface area contributed by atoms with Crippen molar-refractivity contribution in [3.63, 3.8) is 0 Å². The Balaban J connectivity index is 1.65. The van der Waals surface area contributed by atoms with Crippen molar-refractivity contribution in [2.75, 3.05) is 11.9 Å². The lowest BCUT2D eigenvalue weighted by Crippen LogP contribution is -2.16. The minimum absolute atomic E-state index is 0.0591. The van der Waals surface area contributed by atoms with Gasteiger partial charge in [0.05, 0.1) is 12.3 Å². The lowest BCUT2D eigenvalue weighted by Gasteiger charge is -2.02. The second-order valence-corrected chi connectivity index (χ2v) is 6.43. The summed E-state index contributed by atoms with van der Waals surface area (Å²) in [7, 11) is 0. The standard InChI is InChI=1S/C14H18N2O3S/c1-3-19-13(18)11-7(2)15-14(20-11)16-12(17)10-8-5-4-6-9(8)10/h8-10H,3-6H2,1-2H3,(H,15,16,17)/t8-,9+,10?. The molecule has 3 atom stereocenters. The molecule has 0 radical (unpaired) electrons. The summed E-state index contributed by atoms with van der Waals surface area (Å²) >= 11 is 1.19. The number of esters is 1. The Morgan fingerprint density at radius 2 is 2.10 bits per heavy atom. The lowest BCUT2D eigenvalue weighted by atomic mass is 10.1. The molecule has 1 unspecified atom stereocenters. The molecule has 0 aromatic carbocycles. The van der Waals surface area contributed by atoms with Gasteiger partial charge in [-0.1, -0.05) is 17.8 Å². The first-order valence-electron chi connectivity index (χ1n) is 7.07. The van der Waals surface area contributed by atoms with E-state index in [1.165, 1.54) is 30.6 Å². The number of thiazole rings is 1. The van der Waals surface area contributed by atoms with Gasteiger partial charge in [0.1, 0.15) is 4.88 Å². The Morgan fingerprint density at radius 3 is 2.75 bits per heavy atom. The fourth-order valence-electron chi connectivity index (χ4n) is 3.24. The number of aryl methyl sites for hydroxylation is 1. The number of anilines is 1. The number of rotatable bonds is 4. The summed E-state index contributed by atoms with van der Waals surface area (Å²) in [5.41, 5.74) is 0.611. The van der Waals surface area contributed by atoms with Gasteiger partial charge in [0, 0.05) is 5.92 Å². The van der Waals surface area contributed by atoms with Crippen LogP contribution in [0.15, 0.2) is 0 Å². The third kappa shape index (κ3) is 2.32. The molecule has 1 N–H and O–H groups in total. The van der Waals surface area contributed by atoms with Crippen LogP contribution in [-0.4, -0.2) is 23.5 Å². The van der Waals surface area contributed by atoms with Gasteiger partial charge in [0.15, 0.2) is 5.13 Å². The van der Waals surface area contributed by atoms with E-state index in [1.54, 1.807) is 13.8 Å². The van der Waals surface area contributed by atoms with Crippen molar-refractivity contribution in [1.82, 2.24) is 4.98 Å². The Hall–Kier alpha value is -1.43. The highest BCUT2D eigenvalue weighted by Gasteiger charge is 2.56. The van der Waals surface area contributed by atoms with Gasteiger partial charge >= 0.3 is 5.97 Å². The highest BCUT2D eigenvalue weighted by molar-refractivity contribution is 7.17. The number of nitrogens with zero attached hydrogens (tertiary/aromatic N) is 1. The topological polar surface area (TPSA) is 68.3 Å². The van der Waals surface area contributed by atoms with E-state index in [-0.39, 0.29) is 17.8 Å². The van der Waals surface area contributed by atoms with Crippen molar-refractivity contribution < 1.29 is 14.3 Å². The maximum absolute atomic E-state index is 12.1. The van der Waals surface area contributed by atoms with E-state index in [2.05, 4.69) is 10.3 Å². The number of ether oxygens (including phenoxy) is 1. The van der Waals surface area contributed by atoms with Crippen molar-refractivity contribution >= 4 is 28.3 Å². The molecule has 0 saturated heterocycles. The number of amides is 1. The quantitative estimate of drug-likeness (QED) is 0.867. The minimum atomic E-state index is -0.369.